The van der Waals surface area contributed by atoms with Crippen molar-refractivity contribution in [1.82, 2.24) is 25.4 Å². The number of hydrogen-bond acceptors (Lipinski definition) is 3. The number of halogens is 4. The van der Waals surface area contributed by atoms with Gasteiger partial charge < -0.3 is 10.6 Å². The first-order valence-corrected chi connectivity index (χ1v) is 10.5. The van der Waals surface area contributed by atoms with Crippen LogP contribution in [-0.2, 0) is 18.1 Å². The number of nitrogens with zero attached hydrogens (tertiary/aromatic N) is 4. The van der Waals surface area contributed by atoms with Crippen LogP contribution in [0, 0.1) is 0 Å². The zero-order valence-electron chi connectivity index (χ0n) is 18.1. The molecular formula is C23H26F3IN6. The number of benzene rings is 1. The second kappa shape index (κ2) is 10.5. The highest BCUT2D eigenvalue weighted by Gasteiger charge is 2.40. The summed E-state index contributed by atoms with van der Waals surface area (Å²) in [5.41, 5.74) is 0.807. The van der Waals surface area contributed by atoms with E-state index in [2.05, 4.69) is 25.7 Å². The largest absolute Gasteiger partial charge is 0.416 e. The average molecular weight is 570 g/mol. The number of hydrogen-bond donors (Lipinski definition) is 2. The van der Waals surface area contributed by atoms with Gasteiger partial charge in [0, 0.05) is 44.1 Å². The second-order valence-electron chi connectivity index (χ2n) is 7.96. The summed E-state index contributed by atoms with van der Waals surface area (Å²) in [5, 5.41) is 10.8. The highest BCUT2D eigenvalue weighted by Crippen LogP contribution is 2.44. The molecule has 2 N–H and O–H groups in total. The lowest BCUT2D eigenvalue weighted by Crippen LogP contribution is -2.48. The molecule has 1 aliphatic carbocycles. The van der Waals surface area contributed by atoms with E-state index in [1.807, 2.05) is 24.4 Å². The third-order valence-corrected chi connectivity index (χ3v) is 5.94. The summed E-state index contributed by atoms with van der Waals surface area (Å²) in [6.07, 6.45) is 3.58. The average Bonchev–Trinajstić information content (AvgIpc) is 3.30. The number of pyridine rings is 1. The third-order valence-electron chi connectivity index (χ3n) is 5.94. The maximum Gasteiger partial charge on any atom is 0.416 e. The third kappa shape index (κ3) is 5.84. The lowest BCUT2D eigenvalue weighted by Gasteiger charge is -2.43. The molecule has 10 heteroatoms. The SMILES string of the molecule is CN=C(NCc1ccnc(-n2cccn2)c1)NCC1(c2cccc(C(F)(F)F)c2)CCC1.I. The molecule has 0 unspecified atom stereocenters. The molecule has 176 valence electrons. The summed E-state index contributed by atoms with van der Waals surface area (Å²) in [5.74, 6) is 1.32. The Kier molecular flexibility index (Phi) is 7.98. The summed E-state index contributed by atoms with van der Waals surface area (Å²) in [7, 11) is 1.68. The first-order chi connectivity index (χ1) is 15.4. The number of rotatable bonds is 6. The first-order valence-electron chi connectivity index (χ1n) is 10.5. The van der Waals surface area contributed by atoms with Gasteiger partial charge in [0.1, 0.15) is 0 Å². The van der Waals surface area contributed by atoms with Crippen molar-refractivity contribution in [3.8, 4) is 5.82 Å². The van der Waals surface area contributed by atoms with Gasteiger partial charge in [-0.15, -0.1) is 24.0 Å². The van der Waals surface area contributed by atoms with Crippen molar-refractivity contribution in [1.29, 1.82) is 0 Å². The van der Waals surface area contributed by atoms with E-state index in [-0.39, 0.29) is 29.4 Å². The summed E-state index contributed by atoms with van der Waals surface area (Å²) in [4.78, 5) is 8.59. The Balaban J connectivity index is 0.00000306. The standard InChI is InChI=1S/C23H25F3N6.HI/c1-27-21(29-15-17-7-11-28-20(13-17)32-12-4-10-31-32)30-16-22(8-3-9-22)18-5-2-6-19(14-18)23(24,25)26;/h2,4-7,10-14H,3,8-9,15-16H2,1H3,(H2,27,29,30);1H. The Bertz CT molecular complexity index is 1080. The molecule has 1 aromatic carbocycles. The normalized spacial score (nSPS) is 15.3. The van der Waals surface area contributed by atoms with Gasteiger partial charge in [0.05, 0.1) is 5.56 Å². The van der Waals surface area contributed by atoms with Crippen molar-refractivity contribution in [2.24, 2.45) is 4.99 Å². The van der Waals surface area contributed by atoms with Gasteiger partial charge in [-0.1, -0.05) is 24.6 Å². The minimum Gasteiger partial charge on any atom is -0.356 e. The zero-order valence-corrected chi connectivity index (χ0v) is 20.5. The van der Waals surface area contributed by atoms with Crippen LogP contribution in [0.5, 0.6) is 0 Å². The Hall–Kier alpha value is -2.63. The van der Waals surface area contributed by atoms with Gasteiger partial charge in [0.2, 0.25) is 0 Å². The molecular weight excluding hydrogens is 544 g/mol. The van der Waals surface area contributed by atoms with Crippen LogP contribution in [0.25, 0.3) is 5.82 Å². The van der Waals surface area contributed by atoms with E-state index < -0.39 is 11.7 Å². The van der Waals surface area contributed by atoms with E-state index in [4.69, 9.17) is 0 Å². The van der Waals surface area contributed by atoms with Crippen LogP contribution >= 0.6 is 24.0 Å². The molecule has 0 amide bonds. The van der Waals surface area contributed by atoms with Crippen LogP contribution in [0.3, 0.4) is 0 Å². The molecule has 1 saturated carbocycles. The number of guanidine groups is 1. The smallest absolute Gasteiger partial charge is 0.356 e. The number of aliphatic imine (C=N–C) groups is 1. The summed E-state index contributed by atoms with van der Waals surface area (Å²) in [6, 6.07) is 11.4. The van der Waals surface area contributed by atoms with E-state index >= 15 is 0 Å². The van der Waals surface area contributed by atoms with Crippen molar-refractivity contribution in [3.05, 3.63) is 77.7 Å². The van der Waals surface area contributed by atoms with Gasteiger partial charge in [-0.2, -0.15) is 18.3 Å². The lowest BCUT2D eigenvalue weighted by molar-refractivity contribution is -0.137. The van der Waals surface area contributed by atoms with Gasteiger partial charge in [-0.25, -0.2) is 9.67 Å². The maximum absolute atomic E-state index is 13.2. The maximum atomic E-state index is 13.2. The Morgan fingerprint density at radius 2 is 1.94 bits per heavy atom. The Labute approximate surface area is 207 Å². The minimum absolute atomic E-state index is 0. The fourth-order valence-electron chi connectivity index (χ4n) is 3.96. The van der Waals surface area contributed by atoms with Gasteiger partial charge in [-0.3, -0.25) is 4.99 Å². The predicted molar refractivity (Wildman–Crippen MR) is 132 cm³/mol. The molecule has 0 atom stereocenters. The molecule has 0 radical (unpaired) electrons. The molecule has 33 heavy (non-hydrogen) atoms. The van der Waals surface area contributed by atoms with Crippen molar-refractivity contribution < 1.29 is 13.2 Å². The molecule has 0 bridgehead atoms. The van der Waals surface area contributed by atoms with Crippen molar-refractivity contribution in [2.75, 3.05) is 13.6 Å². The van der Waals surface area contributed by atoms with Gasteiger partial charge >= 0.3 is 6.18 Å². The lowest BCUT2D eigenvalue weighted by atomic mass is 9.64. The van der Waals surface area contributed by atoms with Crippen LogP contribution in [0.4, 0.5) is 13.2 Å². The van der Waals surface area contributed by atoms with E-state index in [9.17, 15) is 13.2 Å². The number of nitrogens with one attached hydrogen (secondary N) is 2. The van der Waals surface area contributed by atoms with E-state index in [0.717, 1.165) is 42.3 Å². The van der Waals surface area contributed by atoms with Gasteiger partial charge in [0.25, 0.3) is 0 Å². The molecule has 2 heterocycles. The molecule has 0 saturated heterocycles. The molecule has 1 fully saturated rings. The minimum atomic E-state index is -4.34. The first kappa shape index (κ1) is 25.0. The molecule has 0 spiro atoms. The molecule has 0 aliphatic heterocycles. The van der Waals surface area contributed by atoms with E-state index in [1.54, 1.807) is 30.2 Å². The van der Waals surface area contributed by atoms with Gasteiger partial charge in [-0.05, 0) is 48.2 Å². The Morgan fingerprint density at radius 3 is 2.58 bits per heavy atom. The van der Waals surface area contributed by atoms with Crippen molar-refractivity contribution in [2.45, 2.75) is 37.4 Å². The fourth-order valence-corrected chi connectivity index (χ4v) is 3.96. The molecule has 3 aromatic rings. The highest BCUT2D eigenvalue weighted by atomic mass is 127. The molecule has 6 nitrogen and oxygen atoms in total. The fraction of sp³-hybridized carbons (Fsp3) is 0.348. The second-order valence-corrected chi connectivity index (χ2v) is 7.96. The van der Waals surface area contributed by atoms with Crippen LogP contribution in [0.1, 0.15) is 36.0 Å². The summed E-state index contributed by atoms with van der Waals surface area (Å²) >= 11 is 0. The molecule has 2 aromatic heterocycles. The topological polar surface area (TPSA) is 67.1 Å². The van der Waals surface area contributed by atoms with Crippen LogP contribution in [-0.4, -0.2) is 34.3 Å². The van der Waals surface area contributed by atoms with E-state index in [0.29, 0.717) is 19.0 Å². The van der Waals surface area contributed by atoms with Crippen molar-refractivity contribution in [3.63, 3.8) is 0 Å². The quantitative estimate of drug-likeness (QED) is 0.257. The molecule has 4 rings (SSSR count). The van der Waals surface area contributed by atoms with Crippen LogP contribution in [0.2, 0.25) is 0 Å². The van der Waals surface area contributed by atoms with E-state index in [1.165, 1.54) is 12.1 Å². The highest BCUT2D eigenvalue weighted by molar-refractivity contribution is 14.0. The van der Waals surface area contributed by atoms with Gasteiger partial charge in [0.15, 0.2) is 11.8 Å². The number of aromatic nitrogens is 3. The van der Waals surface area contributed by atoms with Crippen LogP contribution in [0.15, 0.2) is 66.0 Å². The summed E-state index contributed by atoms with van der Waals surface area (Å²) in [6.45, 7) is 1.04. The molecule has 1 aliphatic rings. The monoisotopic (exact) mass is 570 g/mol. The Morgan fingerprint density at radius 1 is 1.12 bits per heavy atom. The summed E-state index contributed by atoms with van der Waals surface area (Å²) < 4.78 is 41.2. The predicted octanol–water partition coefficient (Wildman–Crippen LogP) is 4.69. The zero-order chi connectivity index (χ0) is 22.6. The number of alkyl halides is 3. The van der Waals surface area contributed by atoms with Crippen molar-refractivity contribution >= 4 is 29.9 Å². The van der Waals surface area contributed by atoms with Crippen LogP contribution < -0.4 is 10.6 Å².